The number of rotatable bonds is 10. The van der Waals surface area contributed by atoms with Crippen molar-refractivity contribution in [2.75, 3.05) is 40.5 Å². The Morgan fingerprint density at radius 2 is 1.89 bits per heavy atom. The summed E-state index contributed by atoms with van der Waals surface area (Å²) in [6, 6.07) is 7.63. The second-order valence-corrected chi connectivity index (χ2v) is 7.07. The van der Waals surface area contributed by atoms with Crippen LogP contribution in [-0.2, 0) is 25.5 Å². The summed E-state index contributed by atoms with van der Waals surface area (Å²) in [6.45, 7) is 2.49. The van der Waals surface area contributed by atoms with Gasteiger partial charge in [0.1, 0.15) is 0 Å². The largest absolute Gasteiger partial charge is 0.469 e. The second kappa shape index (κ2) is 11.4. The van der Waals surface area contributed by atoms with Gasteiger partial charge in [-0.05, 0) is 42.9 Å². The van der Waals surface area contributed by atoms with Crippen molar-refractivity contribution in [2.24, 2.45) is 5.92 Å². The van der Waals surface area contributed by atoms with Gasteiger partial charge >= 0.3 is 5.97 Å². The lowest BCUT2D eigenvalue weighted by Crippen LogP contribution is -2.28. The Hall–Kier alpha value is -2.41. The van der Waals surface area contributed by atoms with Crippen LogP contribution in [0.5, 0.6) is 0 Å². The maximum Gasteiger partial charge on any atom is 0.305 e. The van der Waals surface area contributed by atoms with Crippen LogP contribution >= 0.6 is 0 Å². The number of amides is 2. The fraction of sp³-hybridized carbons (Fsp3) is 0.571. The van der Waals surface area contributed by atoms with Gasteiger partial charge in [-0.15, -0.1) is 0 Å². The summed E-state index contributed by atoms with van der Waals surface area (Å²) in [5.41, 5.74) is 1.80. The van der Waals surface area contributed by atoms with E-state index in [1.54, 1.807) is 7.11 Å². The number of carbonyl (C=O) groups excluding carboxylic acids is 3. The van der Waals surface area contributed by atoms with Crippen molar-refractivity contribution in [1.82, 2.24) is 10.2 Å². The Morgan fingerprint density at radius 3 is 2.57 bits per heavy atom. The summed E-state index contributed by atoms with van der Waals surface area (Å²) >= 11 is 0. The highest BCUT2D eigenvalue weighted by Crippen LogP contribution is 2.22. The number of benzene rings is 1. The molecule has 1 aromatic carbocycles. The third-order valence-corrected chi connectivity index (χ3v) is 4.97. The number of carbonyl (C=O) groups is 3. The van der Waals surface area contributed by atoms with Crippen LogP contribution in [0.25, 0.3) is 0 Å². The molecule has 1 aliphatic rings. The van der Waals surface area contributed by atoms with E-state index in [2.05, 4.69) is 10.1 Å². The molecule has 1 N–H and O–H groups in total. The van der Waals surface area contributed by atoms with Crippen molar-refractivity contribution in [3.8, 4) is 0 Å². The van der Waals surface area contributed by atoms with Gasteiger partial charge in [-0.25, -0.2) is 0 Å². The highest BCUT2D eigenvalue weighted by molar-refractivity contribution is 5.94. The van der Waals surface area contributed by atoms with E-state index in [1.807, 2.05) is 29.2 Å². The van der Waals surface area contributed by atoms with Crippen molar-refractivity contribution in [1.29, 1.82) is 0 Å². The first-order valence-electron chi connectivity index (χ1n) is 9.74. The molecule has 7 heteroatoms. The zero-order valence-electron chi connectivity index (χ0n) is 16.7. The molecule has 1 atom stereocenters. The number of hydrogen-bond acceptors (Lipinski definition) is 5. The number of esters is 1. The lowest BCUT2D eigenvalue weighted by Gasteiger charge is -2.16. The summed E-state index contributed by atoms with van der Waals surface area (Å²) in [5.74, 6) is 0.150. The number of methoxy groups -OCH3 is 2. The Labute approximate surface area is 166 Å². The molecule has 7 nitrogen and oxygen atoms in total. The molecule has 1 saturated heterocycles. The molecule has 1 aliphatic heterocycles. The lowest BCUT2D eigenvalue weighted by molar-refractivity contribution is -0.140. The van der Waals surface area contributed by atoms with Crippen LogP contribution in [0.3, 0.4) is 0 Å². The van der Waals surface area contributed by atoms with Crippen LogP contribution in [0.2, 0.25) is 0 Å². The van der Waals surface area contributed by atoms with Crippen LogP contribution in [-0.4, -0.2) is 63.1 Å². The summed E-state index contributed by atoms with van der Waals surface area (Å²) in [5, 5.41) is 2.80. The van der Waals surface area contributed by atoms with Gasteiger partial charge in [0.15, 0.2) is 0 Å². The Morgan fingerprint density at radius 1 is 1.14 bits per heavy atom. The van der Waals surface area contributed by atoms with Gasteiger partial charge < -0.3 is 19.7 Å². The Balaban J connectivity index is 1.75. The van der Waals surface area contributed by atoms with Gasteiger partial charge in [0.25, 0.3) is 5.91 Å². The predicted molar refractivity (Wildman–Crippen MR) is 105 cm³/mol. The molecule has 154 valence electrons. The van der Waals surface area contributed by atoms with E-state index in [-0.39, 0.29) is 24.2 Å². The smallest absolute Gasteiger partial charge is 0.305 e. The van der Waals surface area contributed by atoms with Gasteiger partial charge in [-0.3, -0.25) is 14.4 Å². The molecule has 1 heterocycles. The van der Waals surface area contributed by atoms with Crippen molar-refractivity contribution in [3.63, 3.8) is 0 Å². The molecule has 1 unspecified atom stereocenters. The zero-order chi connectivity index (χ0) is 20.4. The Kier molecular flexibility index (Phi) is 8.94. The molecular formula is C21H30N2O5. The van der Waals surface area contributed by atoms with E-state index in [1.165, 1.54) is 12.7 Å². The fourth-order valence-corrected chi connectivity index (χ4v) is 3.36. The molecule has 0 aromatic heterocycles. The second-order valence-electron chi connectivity index (χ2n) is 7.07. The topological polar surface area (TPSA) is 84.9 Å². The summed E-state index contributed by atoms with van der Waals surface area (Å²) in [6.07, 6.45) is 3.06. The molecule has 1 aromatic rings. The minimum Gasteiger partial charge on any atom is -0.469 e. The van der Waals surface area contributed by atoms with E-state index in [9.17, 15) is 14.4 Å². The SMILES string of the molecule is COCCNC(=O)c1ccc(CC2CCN(C(=O)CCCC(=O)OC)C2)cc1. The number of nitrogens with one attached hydrogen (secondary N) is 1. The summed E-state index contributed by atoms with van der Waals surface area (Å²) in [7, 11) is 2.95. The van der Waals surface area contributed by atoms with E-state index in [4.69, 9.17) is 4.74 Å². The monoisotopic (exact) mass is 390 g/mol. The first-order valence-corrected chi connectivity index (χ1v) is 9.74. The van der Waals surface area contributed by atoms with Crippen LogP contribution in [0.1, 0.15) is 41.6 Å². The minimum atomic E-state index is -0.275. The van der Waals surface area contributed by atoms with Gasteiger partial charge in [0.05, 0.1) is 13.7 Å². The number of likely N-dealkylation sites (tertiary alicyclic amines) is 1. The van der Waals surface area contributed by atoms with Crippen LogP contribution in [0.4, 0.5) is 0 Å². The van der Waals surface area contributed by atoms with E-state index in [0.717, 1.165) is 25.9 Å². The minimum absolute atomic E-state index is 0.104. The summed E-state index contributed by atoms with van der Waals surface area (Å²) in [4.78, 5) is 37.3. The molecular weight excluding hydrogens is 360 g/mol. The van der Waals surface area contributed by atoms with E-state index < -0.39 is 0 Å². The third kappa shape index (κ3) is 6.96. The number of nitrogens with zero attached hydrogens (tertiary/aromatic N) is 1. The predicted octanol–water partition coefficient (Wildman–Crippen LogP) is 1.80. The zero-order valence-corrected chi connectivity index (χ0v) is 16.7. The van der Waals surface area contributed by atoms with Crippen LogP contribution in [0, 0.1) is 5.92 Å². The van der Waals surface area contributed by atoms with Crippen LogP contribution in [0.15, 0.2) is 24.3 Å². The average molecular weight is 390 g/mol. The van der Waals surface area contributed by atoms with Crippen molar-refractivity contribution in [3.05, 3.63) is 35.4 Å². The molecule has 1 fully saturated rings. The molecule has 0 aliphatic carbocycles. The van der Waals surface area contributed by atoms with Crippen LogP contribution < -0.4 is 5.32 Å². The first-order chi connectivity index (χ1) is 13.5. The molecule has 2 amide bonds. The fourth-order valence-electron chi connectivity index (χ4n) is 3.36. The quantitative estimate of drug-likeness (QED) is 0.486. The van der Waals surface area contributed by atoms with Gasteiger partial charge in [0.2, 0.25) is 5.91 Å². The highest BCUT2D eigenvalue weighted by atomic mass is 16.5. The van der Waals surface area contributed by atoms with Gasteiger partial charge in [-0.1, -0.05) is 12.1 Å². The van der Waals surface area contributed by atoms with E-state index >= 15 is 0 Å². The number of hydrogen-bond donors (Lipinski definition) is 1. The molecule has 0 bridgehead atoms. The maximum atomic E-state index is 12.3. The Bertz CT molecular complexity index is 659. The van der Waals surface area contributed by atoms with Crippen molar-refractivity contribution >= 4 is 17.8 Å². The van der Waals surface area contributed by atoms with Crippen molar-refractivity contribution in [2.45, 2.75) is 32.1 Å². The summed E-state index contributed by atoms with van der Waals surface area (Å²) < 4.78 is 9.52. The standard InChI is InChI=1S/C21H30N2O5/c1-27-13-11-22-21(26)18-8-6-16(7-9-18)14-17-10-12-23(15-17)19(24)4-3-5-20(25)28-2/h6-9,17H,3-5,10-15H2,1-2H3,(H,22,26). The number of ether oxygens (including phenoxy) is 2. The lowest BCUT2D eigenvalue weighted by atomic mass is 9.98. The van der Waals surface area contributed by atoms with Gasteiger partial charge in [-0.2, -0.15) is 0 Å². The first kappa shape index (κ1) is 21.9. The average Bonchev–Trinajstić information content (AvgIpc) is 3.17. The molecule has 28 heavy (non-hydrogen) atoms. The highest BCUT2D eigenvalue weighted by Gasteiger charge is 2.26. The molecule has 0 spiro atoms. The maximum absolute atomic E-state index is 12.3. The molecule has 2 rings (SSSR count). The molecule has 0 saturated carbocycles. The molecule has 0 radical (unpaired) electrons. The van der Waals surface area contributed by atoms with Gasteiger partial charge in [0, 0.05) is 45.1 Å². The van der Waals surface area contributed by atoms with E-state index in [0.29, 0.717) is 37.5 Å². The normalized spacial score (nSPS) is 16.1. The van der Waals surface area contributed by atoms with Crippen molar-refractivity contribution < 1.29 is 23.9 Å². The third-order valence-electron chi connectivity index (χ3n) is 4.97.